The number of ether oxygens (including phenoxy) is 2. The Morgan fingerprint density at radius 3 is 2.79 bits per heavy atom. The summed E-state index contributed by atoms with van der Waals surface area (Å²) in [6, 6.07) is 11.1. The van der Waals surface area contributed by atoms with Gasteiger partial charge in [0.15, 0.2) is 16.7 Å². The van der Waals surface area contributed by atoms with E-state index in [-0.39, 0.29) is 5.91 Å². The van der Waals surface area contributed by atoms with Crippen molar-refractivity contribution in [2.24, 2.45) is 0 Å². The number of aryl methyl sites for hydroxylation is 1. The van der Waals surface area contributed by atoms with Crippen molar-refractivity contribution in [2.75, 3.05) is 18.5 Å². The van der Waals surface area contributed by atoms with Crippen molar-refractivity contribution >= 4 is 35.0 Å². The van der Waals surface area contributed by atoms with Crippen molar-refractivity contribution in [2.45, 2.75) is 24.3 Å². The highest BCUT2D eigenvalue weighted by Gasteiger charge is 2.20. The summed E-state index contributed by atoms with van der Waals surface area (Å²) < 4.78 is 12.9. The Labute approximate surface area is 177 Å². The van der Waals surface area contributed by atoms with Gasteiger partial charge in [0.2, 0.25) is 5.91 Å². The van der Waals surface area contributed by atoms with E-state index in [1.54, 1.807) is 24.5 Å². The number of benzene rings is 2. The minimum absolute atomic E-state index is 0.150. The van der Waals surface area contributed by atoms with Crippen LogP contribution in [-0.2, 0) is 4.79 Å². The summed E-state index contributed by atoms with van der Waals surface area (Å²) in [4.78, 5) is 12.7. The quantitative estimate of drug-likeness (QED) is 0.613. The Hall–Kier alpha value is -2.71. The molecule has 3 aromatic rings. The number of anilines is 1. The number of thioether (sulfide) groups is 1. The van der Waals surface area contributed by atoms with Crippen molar-refractivity contribution in [3.05, 3.63) is 53.3 Å². The van der Waals surface area contributed by atoms with Gasteiger partial charge >= 0.3 is 0 Å². The zero-order valence-electron chi connectivity index (χ0n) is 15.9. The molecule has 1 atom stereocenters. The third kappa shape index (κ3) is 4.33. The number of fused-ring (bicyclic) bond motifs is 1. The number of aromatic nitrogens is 3. The van der Waals surface area contributed by atoms with Gasteiger partial charge in [0, 0.05) is 16.8 Å². The lowest BCUT2D eigenvalue weighted by atomic mass is 10.2. The van der Waals surface area contributed by atoms with E-state index in [2.05, 4.69) is 15.5 Å². The molecule has 29 heavy (non-hydrogen) atoms. The monoisotopic (exact) mass is 430 g/mol. The summed E-state index contributed by atoms with van der Waals surface area (Å²) in [5.41, 5.74) is 2.48. The number of rotatable bonds is 5. The number of nitrogens with one attached hydrogen (secondary N) is 1. The number of hydrogen-bond donors (Lipinski definition) is 1. The molecule has 9 heteroatoms. The Balaban J connectivity index is 1.46. The number of carbonyl (C=O) groups is 1. The van der Waals surface area contributed by atoms with E-state index in [4.69, 9.17) is 21.1 Å². The van der Waals surface area contributed by atoms with Crippen LogP contribution in [0.15, 0.2) is 47.9 Å². The molecule has 1 unspecified atom stereocenters. The molecule has 4 rings (SSSR count). The maximum Gasteiger partial charge on any atom is 0.237 e. The van der Waals surface area contributed by atoms with Crippen LogP contribution in [-0.4, -0.2) is 39.1 Å². The standard InChI is InChI=1S/C20H19ClN4O3S/c1-12-3-5-15(10-16(12)21)25-11-22-24-20(25)29-13(2)19(26)23-14-4-6-17-18(9-14)28-8-7-27-17/h3-6,9-11,13H,7-8H2,1-2H3,(H,23,26). The molecule has 0 saturated carbocycles. The van der Waals surface area contributed by atoms with E-state index < -0.39 is 5.25 Å². The van der Waals surface area contributed by atoms with Crippen molar-refractivity contribution < 1.29 is 14.3 Å². The molecule has 0 fully saturated rings. The van der Waals surface area contributed by atoms with Crippen LogP contribution in [0.1, 0.15) is 12.5 Å². The van der Waals surface area contributed by atoms with Gasteiger partial charge in [-0.1, -0.05) is 29.4 Å². The highest BCUT2D eigenvalue weighted by molar-refractivity contribution is 8.00. The molecule has 1 amide bonds. The Morgan fingerprint density at radius 2 is 2.00 bits per heavy atom. The lowest BCUT2D eigenvalue weighted by Crippen LogP contribution is -2.23. The van der Waals surface area contributed by atoms with Gasteiger partial charge in [0.1, 0.15) is 19.5 Å². The Morgan fingerprint density at radius 1 is 1.21 bits per heavy atom. The molecule has 0 aliphatic carbocycles. The molecule has 1 aliphatic rings. The summed E-state index contributed by atoms with van der Waals surface area (Å²) >= 11 is 7.55. The molecule has 7 nitrogen and oxygen atoms in total. The molecule has 0 radical (unpaired) electrons. The highest BCUT2D eigenvalue weighted by atomic mass is 35.5. The van der Waals surface area contributed by atoms with Crippen LogP contribution < -0.4 is 14.8 Å². The zero-order chi connectivity index (χ0) is 20.4. The van der Waals surface area contributed by atoms with Gasteiger partial charge in [0.05, 0.1) is 10.9 Å². The second kappa shape index (κ2) is 8.34. The molecule has 1 N–H and O–H groups in total. The first kappa shape index (κ1) is 19.6. The number of halogens is 1. The topological polar surface area (TPSA) is 78.3 Å². The van der Waals surface area contributed by atoms with Gasteiger partial charge in [-0.25, -0.2) is 0 Å². The van der Waals surface area contributed by atoms with Crippen molar-refractivity contribution in [3.8, 4) is 17.2 Å². The normalized spacial score (nSPS) is 13.8. The predicted molar refractivity (Wildman–Crippen MR) is 112 cm³/mol. The fraction of sp³-hybridized carbons (Fsp3) is 0.250. The minimum Gasteiger partial charge on any atom is -0.486 e. The van der Waals surface area contributed by atoms with Gasteiger partial charge < -0.3 is 14.8 Å². The van der Waals surface area contributed by atoms with Gasteiger partial charge in [-0.3, -0.25) is 9.36 Å². The van der Waals surface area contributed by atoms with Gasteiger partial charge in [0.25, 0.3) is 0 Å². The first-order valence-corrected chi connectivity index (χ1v) is 10.3. The third-order valence-corrected chi connectivity index (χ3v) is 5.88. The Bertz CT molecular complexity index is 1060. The van der Waals surface area contributed by atoms with Gasteiger partial charge in [-0.2, -0.15) is 0 Å². The lowest BCUT2D eigenvalue weighted by molar-refractivity contribution is -0.115. The van der Waals surface area contributed by atoms with Crippen LogP contribution in [0.2, 0.25) is 5.02 Å². The van der Waals surface area contributed by atoms with E-state index in [0.717, 1.165) is 11.3 Å². The van der Waals surface area contributed by atoms with E-state index in [1.165, 1.54) is 11.8 Å². The molecular weight excluding hydrogens is 412 g/mol. The van der Waals surface area contributed by atoms with Crippen molar-refractivity contribution in [1.82, 2.24) is 14.8 Å². The van der Waals surface area contributed by atoms with Gasteiger partial charge in [-0.05, 0) is 43.7 Å². The SMILES string of the molecule is Cc1ccc(-n2cnnc2SC(C)C(=O)Nc2ccc3c(c2)OCCO3)cc1Cl. The highest BCUT2D eigenvalue weighted by Crippen LogP contribution is 2.33. The third-order valence-electron chi connectivity index (χ3n) is 4.41. The summed E-state index contributed by atoms with van der Waals surface area (Å²) in [6.45, 7) is 4.78. The molecule has 0 saturated heterocycles. The first-order valence-electron chi connectivity index (χ1n) is 9.05. The number of hydrogen-bond acceptors (Lipinski definition) is 6. The average molecular weight is 431 g/mol. The van der Waals surface area contributed by atoms with E-state index in [1.807, 2.05) is 36.6 Å². The fourth-order valence-corrected chi connectivity index (χ4v) is 3.81. The lowest BCUT2D eigenvalue weighted by Gasteiger charge is -2.19. The molecule has 1 aromatic heterocycles. The summed E-state index contributed by atoms with van der Waals surface area (Å²) in [6.07, 6.45) is 1.61. The summed E-state index contributed by atoms with van der Waals surface area (Å²) in [5.74, 6) is 1.16. The number of amides is 1. The summed E-state index contributed by atoms with van der Waals surface area (Å²) in [5, 5.41) is 11.9. The molecular formula is C20H19ClN4O3S. The van der Waals surface area contributed by atoms with Crippen LogP contribution in [0, 0.1) is 6.92 Å². The van der Waals surface area contributed by atoms with E-state index in [0.29, 0.717) is 40.6 Å². The summed E-state index contributed by atoms with van der Waals surface area (Å²) in [7, 11) is 0. The number of nitrogens with zero attached hydrogens (tertiary/aromatic N) is 3. The minimum atomic E-state index is -0.396. The molecule has 2 heterocycles. The second-order valence-electron chi connectivity index (χ2n) is 6.52. The van der Waals surface area contributed by atoms with Gasteiger partial charge in [-0.15, -0.1) is 10.2 Å². The van der Waals surface area contributed by atoms with Crippen molar-refractivity contribution in [1.29, 1.82) is 0 Å². The maximum atomic E-state index is 12.7. The van der Waals surface area contributed by atoms with E-state index >= 15 is 0 Å². The fourth-order valence-electron chi connectivity index (χ4n) is 2.79. The van der Waals surface area contributed by atoms with Crippen LogP contribution in [0.3, 0.4) is 0 Å². The molecule has 2 aromatic carbocycles. The predicted octanol–water partition coefficient (Wildman–Crippen LogP) is 4.12. The maximum absolute atomic E-state index is 12.7. The van der Waals surface area contributed by atoms with E-state index in [9.17, 15) is 4.79 Å². The van der Waals surface area contributed by atoms with Crippen LogP contribution >= 0.6 is 23.4 Å². The molecule has 0 bridgehead atoms. The first-order chi connectivity index (χ1) is 14.0. The van der Waals surface area contributed by atoms with Crippen LogP contribution in [0.4, 0.5) is 5.69 Å². The van der Waals surface area contributed by atoms with Crippen molar-refractivity contribution in [3.63, 3.8) is 0 Å². The Kier molecular flexibility index (Phi) is 5.64. The smallest absolute Gasteiger partial charge is 0.237 e. The van der Waals surface area contributed by atoms with Crippen LogP contribution in [0.25, 0.3) is 5.69 Å². The molecule has 150 valence electrons. The molecule has 1 aliphatic heterocycles. The van der Waals surface area contributed by atoms with Crippen LogP contribution in [0.5, 0.6) is 11.5 Å². The second-order valence-corrected chi connectivity index (χ2v) is 8.24. The molecule has 0 spiro atoms. The average Bonchev–Trinajstić information content (AvgIpc) is 3.18. The number of carbonyl (C=O) groups excluding carboxylic acids is 1. The largest absolute Gasteiger partial charge is 0.486 e. The zero-order valence-corrected chi connectivity index (χ0v) is 17.5.